The van der Waals surface area contributed by atoms with Crippen LogP contribution in [0.15, 0.2) is 30.3 Å². The summed E-state index contributed by atoms with van der Waals surface area (Å²) in [6.45, 7) is 3.49. The van der Waals surface area contributed by atoms with Crippen molar-refractivity contribution in [3.63, 3.8) is 0 Å². The van der Waals surface area contributed by atoms with Crippen LogP contribution < -0.4 is 0 Å². The van der Waals surface area contributed by atoms with Crippen LogP contribution in [-0.4, -0.2) is 29.0 Å². The molecule has 3 aliphatic rings. The fourth-order valence-electron chi connectivity index (χ4n) is 5.32. The monoisotopic (exact) mass is 345 g/mol. The first-order valence-corrected chi connectivity index (χ1v) is 11.7. The first-order chi connectivity index (χ1) is 11.8. The van der Waals surface area contributed by atoms with E-state index in [0.717, 1.165) is 17.1 Å². The predicted octanol–water partition coefficient (Wildman–Crippen LogP) is 5.14. The van der Waals surface area contributed by atoms with E-state index >= 15 is 0 Å². The van der Waals surface area contributed by atoms with Gasteiger partial charge in [0, 0.05) is 29.3 Å². The highest BCUT2D eigenvalue weighted by Crippen LogP contribution is 2.52. The molecule has 0 N–H and O–H groups in total. The molecule has 2 heterocycles. The van der Waals surface area contributed by atoms with Gasteiger partial charge in [-0.15, -0.1) is 0 Å². The third-order valence-corrected chi connectivity index (χ3v) is 9.73. The molecule has 0 radical (unpaired) electrons. The standard InChI is InChI=1S/C22H33OS/c1-18-17-24(18)21(16-19-10-4-2-5-11-19)22(13-7-3-8-14-22)20-12-6-9-15-23-20/h2,4-5,10-11,18,20-21H,3,6-9,12-17H2,1H3/q+1. The van der Waals surface area contributed by atoms with Crippen molar-refractivity contribution in [3.05, 3.63) is 35.9 Å². The second kappa shape index (κ2) is 7.41. The van der Waals surface area contributed by atoms with Crippen molar-refractivity contribution in [1.82, 2.24) is 0 Å². The van der Waals surface area contributed by atoms with Crippen LogP contribution in [0.25, 0.3) is 0 Å². The van der Waals surface area contributed by atoms with Crippen molar-refractivity contribution in [2.45, 2.75) is 81.3 Å². The molecule has 0 amide bonds. The first kappa shape index (κ1) is 17.0. The quantitative estimate of drug-likeness (QED) is 0.530. The lowest BCUT2D eigenvalue weighted by Gasteiger charge is -2.47. The van der Waals surface area contributed by atoms with E-state index in [-0.39, 0.29) is 0 Å². The number of benzene rings is 1. The molecule has 2 saturated heterocycles. The van der Waals surface area contributed by atoms with E-state index < -0.39 is 0 Å². The van der Waals surface area contributed by atoms with Gasteiger partial charge in [0.15, 0.2) is 11.0 Å². The molecule has 4 rings (SSSR count). The van der Waals surface area contributed by atoms with Gasteiger partial charge in [-0.1, -0.05) is 49.6 Å². The summed E-state index contributed by atoms with van der Waals surface area (Å²) < 4.78 is 6.46. The zero-order chi connectivity index (χ0) is 16.4. The molecular formula is C22H33OS+. The third kappa shape index (κ3) is 3.42. The Morgan fingerprint density at radius 1 is 1.08 bits per heavy atom. The number of hydrogen-bond acceptors (Lipinski definition) is 1. The van der Waals surface area contributed by atoms with Gasteiger partial charge in [-0.25, -0.2) is 0 Å². The zero-order valence-electron chi connectivity index (χ0n) is 15.2. The van der Waals surface area contributed by atoms with Gasteiger partial charge >= 0.3 is 0 Å². The van der Waals surface area contributed by atoms with Gasteiger partial charge in [0.05, 0.1) is 6.10 Å². The summed E-state index contributed by atoms with van der Waals surface area (Å²) in [7, 11) is 0.633. The van der Waals surface area contributed by atoms with Crippen LogP contribution in [-0.2, 0) is 22.1 Å². The second-order valence-corrected chi connectivity index (χ2v) is 10.9. The van der Waals surface area contributed by atoms with Crippen molar-refractivity contribution >= 4 is 10.9 Å². The maximum atomic E-state index is 6.46. The highest BCUT2D eigenvalue weighted by Gasteiger charge is 2.61. The Kier molecular flexibility index (Phi) is 5.24. The molecule has 3 fully saturated rings. The maximum absolute atomic E-state index is 6.46. The third-order valence-electron chi connectivity index (χ3n) is 6.70. The van der Waals surface area contributed by atoms with E-state index in [1.807, 2.05) is 0 Å². The topological polar surface area (TPSA) is 9.23 Å². The summed E-state index contributed by atoms with van der Waals surface area (Å²) >= 11 is 0. The largest absolute Gasteiger partial charge is 0.377 e. The minimum Gasteiger partial charge on any atom is -0.377 e. The fourth-order valence-corrected chi connectivity index (χ4v) is 8.21. The number of rotatable bonds is 5. The SMILES string of the molecule is CC1C[S+]1C(Cc1ccccc1)C1(C2CCCCO2)CCCCC1. The molecule has 132 valence electrons. The normalized spacial score (nSPS) is 33.8. The highest BCUT2D eigenvalue weighted by molar-refractivity contribution is 8.04. The lowest BCUT2D eigenvalue weighted by molar-refractivity contribution is -0.0850. The Balaban J connectivity index is 1.63. The Morgan fingerprint density at radius 2 is 1.83 bits per heavy atom. The molecule has 0 bridgehead atoms. The molecule has 2 heteroatoms. The van der Waals surface area contributed by atoms with Crippen LogP contribution in [0, 0.1) is 5.41 Å². The molecule has 1 saturated carbocycles. The van der Waals surface area contributed by atoms with E-state index in [0.29, 0.717) is 22.4 Å². The Labute approximate surface area is 150 Å². The summed E-state index contributed by atoms with van der Waals surface area (Å²) in [4.78, 5) is 0. The van der Waals surface area contributed by atoms with E-state index in [1.165, 1.54) is 63.5 Å². The van der Waals surface area contributed by atoms with E-state index in [4.69, 9.17) is 4.74 Å². The summed E-state index contributed by atoms with van der Waals surface area (Å²) in [5, 5.41) is 1.82. The van der Waals surface area contributed by atoms with Gasteiger partial charge in [-0.2, -0.15) is 0 Å². The molecule has 1 aromatic rings. The van der Waals surface area contributed by atoms with Crippen molar-refractivity contribution in [2.75, 3.05) is 12.4 Å². The first-order valence-electron chi connectivity index (χ1n) is 10.1. The van der Waals surface area contributed by atoms with E-state index in [2.05, 4.69) is 37.3 Å². The molecule has 1 aromatic carbocycles. The minimum atomic E-state index is 0.475. The Hall–Kier alpha value is -0.470. The van der Waals surface area contributed by atoms with E-state index in [9.17, 15) is 0 Å². The molecule has 4 atom stereocenters. The Morgan fingerprint density at radius 3 is 2.46 bits per heavy atom. The van der Waals surface area contributed by atoms with Gasteiger partial charge in [-0.05, 0) is 44.6 Å². The van der Waals surface area contributed by atoms with Gasteiger partial charge in [0.2, 0.25) is 0 Å². The molecule has 0 aromatic heterocycles. The smallest absolute Gasteiger partial charge is 0.160 e. The molecule has 4 unspecified atom stereocenters. The van der Waals surface area contributed by atoms with Crippen LogP contribution in [0.4, 0.5) is 0 Å². The molecule has 0 spiro atoms. The van der Waals surface area contributed by atoms with Crippen LogP contribution in [0.5, 0.6) is 0 Å². The minimum absolute atomic E-state index is 0.475. The summed E-state index contributed by atoms with van der Waals surface area (Å²) in [5.74, 6) is 1.48. The van der Waals surface area contributed by atoms with Gasteiger partial charge < -0.3 is 4.74 Å². The summed E-state index contributed by atoms with van der Waals surface area (Å²) in [5.41, 5.74) is 2.03. The van der Waals surface area contributed by atoms with Crippen molar-refractivity contribution in [1.29, 1.82) is 0 Å². The predicted molar refractivity (Wildman–Crippen MR) is 105 cm³/mol. The number of hydrogen-bond donors (Lipinski definition) is 0. The molecule has 1 nitrogen and oxygen atoms in total. The Bertz CT molecular complexity index is 516. The molecule has 2 aliphatic heterocycles. The number of ether oxygens (including phenoxy) is 1. The molecule has 24 heavy (non-hydrogen) atoms. The van der Waals surface area contributed by atoms with Crippen molar-refractivity contribution in [2.24, 2.45) is 5.41 Å². The highest BCUT2D eigenvalue weighted by atomic mass is 32.2. The van der Waals surface area contributed by atoms with Crippen LogP contribution in [0.2, 0.25) is 0 Å². The average molecular weight is 346 g/mol. The van der Waals surface area contributed by atoms with Crippen LogP contribution >= 0.6 is 0 Å². The molecule has 1 aliphatic carbocycles. The lowest BCUT2D eigenvalue weighted by atomic mass is 9.65. The summed E-state index contributed by atoms with van der Waals surface area (Å²) in [6, 6.07) is 11.3. The van der Waals surface area contributed by atoms with Gasteiger partial charge in [-0.3, -0.25) is 0 Å². The van der Waals surface area contributed by atoms with Crippen LogP contribution in [0.1, 0.15) is 63.9 Å². The van der Waals surface area contributed by atoms with Crippen LogP contribution in [0.3, 0.4) is 0 Å². The van der Waals surface area contributed by atoms with Crippen molar-refractivity contribution in [3.8, 4) is 0 Å². The molecular weight excluding hydrogens is 312 g/mol. The summed E-state index contributed by atoms with van der Waals surface area (Å²) in [6.07, 6.45) is 12.9. The van der Waals surface area contributed by atoms with E-state index in [1.54, 1.807) is 5.56 Å². The van der Waals surface area contributed by atoms with Crippen molar-refractivity contribution < 1.29 is 4.74 Å². The second-order valence-electron chi connectivity index (χ2n) is 8.27. The average Bonchev–Trinajstić information content (AvgIpc) is 3.38. The van der Waals surface area contributed by atoms with Gasteiger partial charge in [0.1, 0.15) is 5.25 Å². The lowest BCUT2D eigenvalue weighted by Crippen LogP contribution is -2.51. The fraction of sp³-hybridized carbons (Fsp3) is 0.727. The van der Waals surface area contributed by atoms with Gasteiger partial charge in [0.25, 0.3) is 0 Å². The zero-order valence-corrected chi connectivity index (χ0v) is 16.0. The maximum Gasteiger partial charge on any atom is 0.160 e.